The monoisotopic (exact) mass is 297 g/mol. The molecule has 0 aromatic heterocycles. The van der Waals surface area contributed by atoms with Crippen LogP contribution < -0.4 is 5.32 Å². The molecule has 0 aromatic carbocycles. The summed E-state index contributed by atoms with van der Waals surface area (Å²) in [6, 6.07) is 0. The fourth-order valence-corrected chi connectivity index (χ4v) is 3.68. The third kappa shape index (κ3) is 3.85. The van der Waals surface area contributed by atoms with E-state index in [4.69, 9.17) is 4.43 Å². The Hall–Kier alpha value is -0.353. The molecule has 2 fully saturated rings. The van der Waals surface area contributed by atoms with Crippen molar-refractivity contribution in [3.63, 3.8) is 0 Å². The van der Waals surface area contributed by atoms with Gasteiger partial charge in [0.15, 0.2) is 8.32 Å². The van der Waals surface area contributed by atoms with Crippen LogP contribution in [0.5, 0.6) is 0 Å². The summed E-state index contributed by atoms with van der Waals surface area (Å²) in [6.07, 6.45) is 5.04. The molecule has 3 nitrogen and oxygen atoms in total. The predicted molar refractivity (Wildman–Crippen MR) is 85.1 cm³/mol. The van der Waals surface area contributed by atoms with Gasteiger partial charge in [-0.2, -0.15) is 0 Å². The minimum Gasteiger partial charge on any atom is -0.416 e. The van der Waals surface area contributed by atoms with Gasteiger partial charge in [-0.25, -0.2) is 0 Å². The van der Waals surface area contributed by atoms with Gasteiger partial charge in [-0.3, -0.25) is 4.79 Å². The van der Waals surface area contributed by atoms with Crippen LogP contribution in [-0.2, 0) is 9.22 Å². The Morgan fingerprint density at radius 2 is 1.90 bits per heavy atom. The van der Waals surface area contributed by atoms with Gasteiger partial charge >= 0.3 is 0 Å². The lowest BCUT2D eigenvalue weighted by atomic mass is 9.91. The number of hydrogen-bond acceptors (Lipinski definition) is 2. The molecule has 1 aliphatic carbocycles. The zero-order valence-corrected chi connectivity index (χ0v) is 14.8. The first kappa shape index (κ1) is 16.0. The molecule has 0 bridgehead atoms. The minimum absolute atomic E-state index is 0.195. The van der Waals surface area contributed by atoms with Crippen molar-refractivity contribution < 1.29 is 9.22 Å². The number of hydrogen-bond donors (Lipinski definition) is 1. The van der Waals surface area contributed by atoms with E-state index in [1.165, 1.54) is 19.3 Å². The molecule has 1 aliphatic heterocycles. The second-order valence-electron chi connectivity index (χ2n) is 8.20. The number of rotatable bonds is 6. The normalized spacial score (nSPS) is 27.8. The van der Waals surface area contributed by atoms with Gasteiger partial charge in [0.1, 0.15) is 0 Å². The van der Waals surface area contributed by atoms with Crippen LogP contribution in [-0.4, -0.2) is 27.4 Å². The van der Waals surface area contributed by atoms with Gasteiger partial charge < -0.3 is 9.74 Å². The quantitative estimate of drug-likeness (QED) is 0.761. The molecule has 0 aromatic rings. The van der Waals surface area contributed by atoms with E-state index in [9.17, 15) is 4.79 Å². The molecule has 1 N–H and O–H groups in total. The Morgan fingerprint density at radius 3 is 2.45 bits per heavy atom. The highest BCUT2D eigenvalue weighted by molar-refractivity contribution is 6.74. The maximum Gasteiger partial charge on any atom is 0.223 e. The number of amides is 1. The zero-order chi connectivity index (χ0) is 15.0. The van der Waals surface area contributed by atoms with Gasteiger partial charge in [0.25, 0.3) is 0 Å². The van der Waals surface area contributed by atoms with E-state index in [1.54, 1.807) is 0 Å². The first-order chi connectivity index (χ1) is 9.21. The minimum atomic E-state index is -1.70. The van der Waals surface area contributed by atoms with Crippen molar-refractivity contribution >= 4 is 14.2 Å². The maximum atomic E-state index is 12.0. The molecular formula is C16H31NO2Si. The zero-order valence-electron chi connectivity index (χ0n) is 13.8. The van der Waals surface area contributed by atoms with Gasteiger partial charge in [-0.15, -0.1) is 0 Å². The molecule has 2 aliphatic rings. The topological polar surface area (TPSA) is 38.3 Å². The summed E-state index contributed by atoms with van der Waals surface area (Å²) in [5.74, 6) is 1.75. The molecule has 2 atom stereocenters. The molecule has 1 heterocycles. The van der Waals surface area contributed by atoms with Gasteiger partial charge in [-0.05, 0) is 36.9 Å². The van der Waals surface area contributed by atoms with Crippen molar-refractivity contribution in [3.05, 3.63) is 0 Å². The van der Waals surface area contributed by atoms with E-state index >= 15 is 0 Å². The van der Waals surface area contributed by atoms with Crippen LogP contribution in [0.15, 0.2) is 0 Å². The summed E-state index contributed by atoms with van der Waals surface area (Å²) in [5.41, 5.74) is 0. The molecule has 20 heavy (non-hydrogen) atoms. The highest BCUT2D eigenvalue weighted by Gasteiger charge is 2.41. The van der Waals surface area contributed by atoms with E-state index in [0.29, 0.717) is 5.92 Å². The highest BCUT2D eigenvalue weighted by atomic mass is 28.4. The van der Waals surface area contributed by atoms with Crippen LogP contribution >= 0.6 is 0 Å². The van der Waals surface area contributed by atoms with Crippen LogP contribution in [0.4, 0.5) is 0 Å². The van der Waals surface area contributed by atoms with Crippen LogP contribution in [0.2, 0.25) is 18.1 Å². The Bertz CT molecular complexity index is 358. The van der Waals surface area contributed by atoms with Crippen LogP contribution in [0.3, 0.4) is 0 Å². The fourth-order valence-electron chi connectivity index (χ4n) is 2.61. The van der Waals surface area contributed by atoms with Crippen molar-refractivity contribution in [1.82, 2.24) is 5.32 Å². The highest BCUT2D eigenvalue weighted by Crippen LogP contribution is 2.39. The smallest absolute Gasteiger partial charge is 0.223 e. The Morgan fingerprint density at radius 1 is 1.25 bits per heavy atom. The number of carbonyl (C=O) groups is 1. The summed E-state index contributed by atoms with van der Waals surface area (Å²) in [5, 5.41) is 3.28. The van der Waals surface area contributed by atoms with E-state index in [1.807, 2.05) is 0 Å². The average molecular weight is 298 g/mol. The van der Waals surface area contributed by atoms with Gasteiger partial charge in [0.05, 0.1) is 0 Å². The standard InChI is InChI=1S/C16H31NO2Si/c1-16(2,3)20(4,5)19-11-13-10-17-15(18)14(13)9-8-12-6-7-12/h12-14H,6-11H2,1-5H3,(H,17,18). The first-order valence-corrected chi connectivity index (χ1v) is 11.0. The molecular weight excluding hydrogens is 266 g/mol. The van der Waals surface area contributed by atoms with Crippen molar-refractivity contribution in [3.8, 4) is 0 Å². The summed E-state index contributed by atoms with van der Waals surface area (Å²) in [7, 11) is -1.70. The largest absolute Gasteiger partial charge is 0.416 e. The van der Waals surface area contributed by atoms with Crippen LogP contribution in [0.1, 0.15) is 46.5 Å². The van der Waals surface area contributed by atoms with E-state index in [2.05, 4.69) is 39.2 Å². The van der Waals surface area contributed by atoms with Gasteiger partial charge in [-0.1, -0.05) is 33.6 Å². The Labute approximate surface area is 125 Å². The average Bonchev–Trinajstić information content (AvgIpc) is 3.08. The molecule has 2 unspecified atom stereocenters. The number of carbonyl (C=O) groups excluding carboxylic acids is 1. The van der Waals surface area contributed by atoms with Gasteiger partial charge in [0.2, 0.25) is 5.91 Å². The van der Waals surface area contributed by atoms with Crippen molar-refractivity contribution in [2.24, 2.45) is 17.8 Å². The number of nitrogens with one attached hydrogen (secondary N) is 1. The molecule has 2 rings (SSSR count). The first-order valence-electron chi connectivity index (χ1n) is 8.12. The lowest BCUT2D eigenvalue weighted by Gasteiger charge is -2.37. The third-order valence-electron chi connectivity index (χ3n) is 5.49. The van der Waals surface area contributed by atoms with E-state index < -0.39 is 8.32 Å². The second kappa shape index (κ2) is 5.80. The maximum absolute atomic E-state index is 12.0. The van der Waals surface area contributed by atoms with Crippen molar-refractivity contribution in [2.45, 2.75) is 64.6 Å². The summed E-state index contributed by atoms with van der Waals surface area (Å²) in [4.78, 5) is 12.0. The molecule has 1 saturated heterocycles. The SMILES string of the molecule is CC(C)(C)[Si](C)(C)OCC1CNC(=O)C1CCC1CC1. The Balaban J connectivity index is 1.85. The lowest BCUT2D eigenvalue weighted by molar-refractivity contribution is -0.123. The van der Waals surface area contributed by atoms with E-state index in [0.717, 1.165) is 25.5 Å². The molecule has 0 spiro atoms. The molecule has 116 valence electrons. The summed E-state index contributed by atoms with van der Waals surface area (Å²) >= 11 is 0. The van der Waals surface area contributed by atoms with Gasteiger partial charge in [0, 0.05) is 25.0 Å². The third-order valence-corrected chi connectivity index (χ3v) is 9.99. The molecule has 0 radical (unpaired) electrons. The molecule has 4 heteroatoms. The summed E-state index contributed by atoms with van der Waals surface area (Å²) < 4.78 is 6.33. The molecule has 1 amide bonds. The van der Waals surface area contributed by atoms with Crippen LogP contribution in [0.25, 0.3) is 0 Å². The molecule has 1 saturated carbocycles. The lowest BCUT2D eigenvalue weighted by Crippen LogP contribution is -2.42. The predicted octanol–water partition coefficient (Wildman–Crippen LogP) is 3.56. The van der Waals surface area contributed by atoms with Crippen LogP contribution in [0, 0.1) is 17.8 Å². The van der Waals surface area contributed by atoms with Crippen molar-refractivity contribution in [2.75, 3.05) is 13.2 Å². The summed E-state index contributed by atoms with van der Waals surface area (Å²) in [6.45, 7) is 12.9. The fraction of sp³-hybridized carbons (Fsp3) is 0.938. The van der Waals surface area contributed by atoms with Crippen molar-refractivity contribution in [1.29, 1.82) is 0 Å². The second-order valence-corrected chi connectivity index (χ2v) is 13.0. The Kier molecular flexibility index (Phi) is 4.65. The van der Waals surface area contributed by atoms with E-state index in [-0.39, 0.29) is 16.9 Å².